The maximum atomic E-state index is 13.0. The number of aromatic nitrogens is 1. The summed E-state index contributed by atoms with van der Waals surface area (Å²) in [6.45, 7) is 0.433. The Bertz CT molecular complexity index is 1260. The molecule has 2 N–H and O–H groups in total. The number of rotatable bonds is 9. The molecule has 0 saturated heterocycles. The van der Waals surface area contributed by atoms with Gasteiger partial charge in [-0.1, -0.05) is 12.1 Å². The van der Waals surface area contributed by atoms with Crippen molar-refractivity contribution < 1.29 is 23.1 Å². The van der Waals surface area contributed by atoms with E-state index in [4.69, 9.17) is 5.11 Å². The summed E-state index contributed by atoms with van der Waals surface area (Å²) in [6.07, 6.45) is 8.87. The number of hydrogen-bond acceptors (Lipinski definition) is 6. The summed E-state index contributed by atoms with van der Waals surface area (Å²) < 4.78 is 26.0. The molecule has 3 fully saturated rings. The van der Waals surface area contributed by atoms with E-state index in [1.165, 1.54) is 12.3 Å². The summed E-state index contributed by atoms with van der Waals surface area (Å²) in [4.78, 5) is 27.6. The largest absolute Gasteiger partial charge is 0.478 e. The third-order valence-corrected chi connectivity index (χ3v) is 9.19. The van der Waals surface area contributed by atoms with Gasteiger partial charge in [0.05, 0.1) is 15.7 Å². The Labute approximate surface area is 199 Å². The van der Waals surface area contributed by atoms with Gasteiger partial charge in [-0.25, -0.2) is 18.2 Å². The molecular weight excluding hydrogens is 452 g/mol. The van der Waals surface area contributed by atoms with Crippen molar-refractivity contribution in [3.8, 4) is 0 Å². The Morgan fingerprint density at radius 1 is 1.09 bits per heavy atom. The molecule has 8 heteroatoms. The minimum absolute atomic E-state index is 0.118. The molecule has 3 aliphatic carbocycles. The average Bonchev–Trinajstić information content (AvgIpc) is 3.74. The molecule has 0 aliphatic heterocycles. The Morgan fingerprint density at radius 3 is 2.44 bits per heavy atom. The molecule has 3 saturated carbocycles. The van der Waals surface area contributed by atoms with Crippen LogP contribution in [0.3, 0.4) is 0 Å². The van der Waals surface area contributed by atoms with E-state index >= 15 is 0 Å². The van der Waals surface area contributed by atoms with Crippen molar-refractivity contribution in [2.45, 2.75) is 61.0 Å². The summed E-state index contributed by atoms with van der Waals surface area (Å²) in [5.74, 6) is 0.235. The van der Waals surface area contributed by atoms with Gasteiger partial charge < -0.3 is 10.4 Å². The highest BCUT2D eigenvalue weighted by molar-refractivity contribution is 7.92. The molecule has 1 atom stereocenters. The zero-order chi connectivity index (χ0) is 23.9. The van der Waals surface area contributed by atoms with Crippen molar-refractivity contribution in [3.05, 3.63) is 59.3 Å². The summed E-state index contributed by atoms with van der Waals surface area (Å²) in [5.41, 5.74) is 2.97. The van der Waals surface area contributed by atoms with Gasteiger partial charge in [0.25, 0.3) is 0 Å². The van der Waals surface area contributed by atoms with Crippen LogP contribution in [0.2, 0.25) is 0 Å². The zero-order valence-corrected chi connectivity index (χ0v) is 19.7. The van der Waals surface area contributed by atoms with E-state index in [0.717, 1.165) is 48.8 Å². The van der Waals surface area contributed by atoms with Crippen LogP contribution in [0.25, 0.3) is 5.57 Å². The van der Waals surface area contributed by atoms with E-state index in [0.29, 0.717) is 30.1 Å². The van der Waals surface area contributed by atoms with Crippen LogP contribution in [0.15, 0.2) is 47.5 Å². The fraction of sp³-hybridized carbons (Fsp3) is 0.423. The van der Waals surface area contributed by atoms with Gasteiger partial charge >= 0.3 is 5.97 Å². The molecule has 3 aliphatic rings. The number of nitrogens with zero attached hydrogens (tertiary/aromatic N) is 1. The molecule has 1 aromatic heterocycles. The van der Waals surface area contributed by atoms with Gasteiger partial charge in [0.2, 0.25) is 0 Å². The topological polar surface area (TPSA) is 113 Å². The van der Waals surface area contributed by atoms with E-state index in [1.54, 1.807) is 12.1 Å². The SMILES string of the molecule is O=C1CC[C@H](/C=C(/CNc2ccc(C(=O)O)cn2)c2ccc(S(=O)(=O)C3CC3)c(C3CC3)c2)C1. The molecular formula is C26H28N2O5S. The lowest BCUT2D eigenvalue weighted by atomic mass is 9.96. The molecule has 34 heavy (non-hydrogen) atoms. The Kier molecular flexibility index (Phi) is 6.02. The molecule has 5 rings (SSSR count). The summed E-state index contributed by atoms with van der Waals surface area (Å²) >= 11 is 0. The third-order valence-electron chi connectivity index (χ3n) is 6.86. The van der Waals surface area contributed by atoms with Crippen molar-refractivity contribution in [1.82, 2.24) is 4.98 Å². The highest BCUT2D eigenvalue weighted by Gasteiger charge is 2.40. The molecule has 0 unspecified atom stereocenters. The summed E-state index contributed by atoms with van der Waals surface area (Å²) in [7, 11) is -3.28. The Morgan fingerprint density at radius 2 is 1.85 bits per heavy atom. The maximum absolute atomic E-state index is 13.0. The Hall–Kier alpha value is -3.00. The molecule has 1 heterocycles. The van der Waals surface area contributed by atoms with Crippen LogP contribution in [0.5, 0.6) is 0 Å². The number of carbonyl (C=O) groups is 2. The standard InChI is InChI=1S/C26H28N2O5S/c29-21-6-1-16(12-21)11-20(15-28-25-10-5-19(14-27-25)26(30)31)18-4-9-24(23(13-18)17-2-3-17)34(32,33)22-7-8-22/h4-5,9-11,13-14,16-17,22H,1-3,6-8,12,15H2,(H,27,28)(H,30,31)/b20-11-/t16-/m1/s1. The first-order chi connectivity index (χ1) is 16.3. The number of Topliss-reactive ketones (excluding diaryl/α,β-unsaturated/α-hetero) is 1. The van der Waals surface area contributed by atoms with E-state index in [9.17, 15) is 18.0 Å². The quantitative estimate of drug-likeness (QED) is 0.545. The fourth-order valence-corrected chi connectivity index (χ4v) is 6.54. The monoisotopic (exact) mass is 480 g/mol. The number of carbonyl (C=O) groups excluding carboxylic acids is 1. The number of nitrogens with one attached hydrogen (secondary N) is 1. The molecule has 2 aromatic rings. The van der Waals surface area contributed by atoms with Gasteiger partial charge in [-0.15, -0.1) is 0 Å². The van der Waals surface area contributed by atoms with Crippen LogP contribution in [-0.2, 0) is 14.6 Å². The second-order valence-corrected chi connectivity index (χ2v) is 11.8. The maximum Gasteiger partial charge on any atom is 0.337 e. The van der Waals surface area contributed by atoms with Crippen LogP contribution >= 0.6 is 0 Å². The smallest absolute Gasteiger partial charge is 0.337 e. The number of sulfone groups is 1. The third kappa shape index (κ3) is 4.92. The molecule has 0 radical (unpaired) electrons. The zero-order valence-electron chi connectivity index (χ0n) is 18.9. The molecule has 1 aromatic carbocycles. The Balaban J connectivity index is 1.45. The van der Waals surface area contributed by atoms with Crippen molar-refractivity contribution in [2.75, 3.05) is 11.9 Å². The lowest BCUT2D eigenvalue weighted by molar-refractivity contribution is -0.117. The second-order valence-electron chi connectivity index (χ2n) is 9.60. The van der Waals surface area contributed by atoms with Gasteiger partial charge in [0.1, 0.15) is 11.6 Å². The van der Waals surface area contributed by atoms with Crippen molar-refractivity contribution in [1.29, 1.82) is 0 Å². The number of aromatic carboxylic acids is 1. The van der Waals surface area contributed by atoms with E-state index < -0.39 is 15.8 Å². The average molecular weight is 481 g/mol. The molecule has 0 bridgehead atoms. The van der Waals surface area contributed by atoms with Gasteiger partial charge in [-0.2, -0.15) is 0 Å². The predicted octanol–water partition coefficient (Wildman–Crippen LogP) is 4.46. The highest BCUT2D eigenvalue weighted by atomic mass is 32.2. The fourth-order valence-electron chi connectivity index (χ4n) is 4.62. The number of benzene rings is 1. The highest BCUT2D eigenvalue weighted by Crippen LogP contribution is 2.46. The van der Waals surface area contributed by atoms with Gasteiger partial charge in [0.15, 0.2) is 9.84 Å². The van der Waals surface area contributed by atoms with E-state index in [1.807, 2.05) is 12.1 Å². The van der Waals surface area contributed by atoms with Crippen molar-refractivity contribution in [3.63, 3.8) is 0 Å². The van der Waals surface area contributed by atoms with Crippen molar-refractivity contribution in [2.24, 2.45) is 5.92 Å². The van der Waals surface area contributed by atoms with Gasteiger partial charge in [0, 0.05) is 25.6 Å². The lowest BCUT2D eigenvalue weighted by Gasteiger charge is -2.16. The number of carboxylic acid groups (broad SMARTS) is 1. The van der Waals surface area contributed by atoms with Gasteiger partial charge in [-0.3, -0.25) is 4.79 Å². The van der Waals surface area contributed by atoms with Crippen LogP contribution in [0, 0.1) is 5.92 Å². The number of ketones is 1. The number of carboxylic acids is 1. The first-order valence-corrected chi connectivity index (χ1v) is 13.4. The predicted molar refractivity (Wildman–Crippen MR) is 129 cm³/mol. The number of anilines is 1. The molecule has 7 nitrogen and oxygen atoms in total. The summed E-state index contributed by atoms with van der Waals surface area (Å²) in [5, 5.41) is 12.1. The number of hydrogen-bond donors (Lipinski definition) is 2. The number of allylic oxidation sites excluding steroid dienone is 1. The molecule has 0 amide bonds. The van der Waals surface area contributed by atoms with E-state index in [2.05, 4.69) is 16.4 Å². The van der Waals surface area contributed by atoms with Gasteiger partial charge in [-0.05, 0) is 84.9 Å². The van der Waals surface area contributed by atoms with Crippen LogP contribution in [0.4, 0.5) is 5.82 Å². The van der Waals surface area contributed by atoms with Crippen LogP contribution in [-0.4, -0.2) is 42.1 Å². The van der Waals surface area contributed by atoms with Crippen molar-refractivity contribution >= 4 is 33.0 Å². The minimum Gasteiger partial charge on any atom is -0.478 e. The second kappa shape index (κ2) is 8.98. The minimum atomic E-state index is -3.28. The molecule has 178 valence electrons. The van der Waals surface area contributed by atoms with Crippen LogP contribution in [0.1, 0.15) is 72.3 Å². The number of pyridine rings is 1. The first kappa shape index (κ1) is 22.8. The summed E-state index contributed by atoms with van der Waals surface area (Å²) in [6, 6.07) is 8.80. The normalized spacial score (nSPS) is 21.0. The molecule has 0 spiro atoms. The van der Waals surface area contributed by atoms with Crippen LogP contribution < -0.4 is 5.32 Å². The van der Waals surface area contributed by atoms with E-state index in [-0.39, 0.29) is 28.4 Å². The first-order valence-electron chi connectivity index (χ1n) is 11.8. The lowest BCUT2D eigenvalue weighted by Crippen LogP contribution is -2.12.